The Morgan fingerprint density at radius 1 is 0.331 bits per heavy atom. The molecule has 47 nitrogen and oxygen atoms in total. The highest BCUT2D eigenvalue weighted by Gasteiger charge is 2.54. The van der Waals surface area contributed by atoms with Crippen LogP contribution in [0, 0.1) is 0 Å². The predicted octanol–water partition coefficient (Wildman–Crippen LogP) is -5.19. The lowest BCUT2D eigenvalue weighted by molar-refractivity contribution is -0.285. The Kier molecular flexibility index (Phi) is 52.3. The highest BCUT2D eigenvalue weighted by atomic mass is 16.7. The topological polar surface area (TPSA) is 593 Å². The van der Waals surface area contributed by atoms with Crippen LogP contribution in [-0.2, 0) is 181 Å². The molecule has 0 aliphatic carbocycles. The van der Waals surface area contributed by atoms with E-state index in [4.69, 9.17) is 104 Å². The minimum Gasteiger partial charge on any atom is -0.463 e. The van der Waals surface area contributed by atoms with Crippen LogP contribution in [0.2, 0.25) is 0 Å². The number of carbonyl (C=O) groups excluding carboxylic acids is 16. The first-order chi connectivity index (χ1) is 57.5. The van der Waals surface area contributed by atoms with Crippen molar-refractivity contribution >= 4 is 95.0 Å². The molecule has 3 fully saturated rings. The number of carbonyl (C=O) groups is 16. The summed E-state index contributed by atoms with van der Waals surface area (Å²) in [5, 5.41) is 30.8. The van der Waals surface area contributed by atoms with Crippen molar-refractivity contribution < 1.29 is 186 Å². The van der Waals surface area contributed by atoms with Gasteiger partial charge in [-0.1, -0.05) is 0 Å². The minimum absolute atomic E-state index is 0.0976. The van der Waals surface area contributed by atoms with Gasteiger partial charge in [0, 0.05) is 122 Å². The Bertz CT molecular complexity index is 3270. The van der Waals surface area contributed by atoms with Crippen molar-refractivity contribution in [2.45, 2.75) is 225 Å². The van der Waals surface area contributed by atoms with Gasteiger partial charge < -0.3 is 152 Å². The first kappa shape index (κ1) is 106. The molecule has 0 aromatic carbocycles. The molecule has 3 saturated heterocycles. The quantitative estimate of drug-likeness (QED) is 0.0119. The van der Waals surface area contributed by atoms with Gasteiger partial charge in [0.05, 0.1) is 112 Å². The maximum atomic E-state index is 14.1. The molecule has 0 radical (unpaired) electrons. The second kappa shape index (κ2) is 59.6. The van der Waals surface area contributed by atoms with Gasteiger partial charge in [0.25, 0.3) is 0 Å². The highest BCUT2D eigenvalue weighted by Crippen LogP contribution is 2.31. The van der Waals surface area contributed by atoms with Gasteiger partial charge in [-0.05, 0) is 19.8 Å². The zero-order valence-corrected chi connectivity index (χ0v) is 70.4. The normalized spacial score (nSPS) is 23.1. The molecule has 3 aliphatic heterocycles. The summed E-state index contributed by atoms with van der Waals surface area (Å²) in [6.45, 7) is 11.4. The first-order valence-corrected chi connectivity index (χ1v) is 39.1. The van der Waals surface area contributed by atoms with Gasteiger partial charge in [0.2, 0.25) is 47.3 Å². The molecule has 3 rings (SSSR count). The molecular formula is C74H120N8O39. The third-order valence-corrected chi connectivity index (χ3v) is 16.7. The van der Waals surface area contributed by atoms with E-state index in [0.717, 1.165) is 55.4 Å². The standard InChI is InChI=1S/C74H120N8O39/c1-41(83)78-61-67(116-50(10)92)64(113-47(7)89)55(38-110-44(4)86)119-72(61)107-35-32-102-23-19-75-58(95)16-14-53(70(98)76-20-24-103-33-36-108-73-62(79-42(2)84)68(117-51(11)93)65(114-48(8)90)56(120-73)39-111-45(5)87)81-59(96)17-15-54(82-60(97)18-22-101-28-29-106-31-30-105-27-26-100-13)71(99)77-21-25-104-34-37-109-74-63(80-43(3)85)69(118-52(12)94)66(115-49(9)91)57(121-74)40-112-46(6)88/h45,53-57,61-69,72-74,87H,14-40H2,1-13H3,(H,75,95)(H,76,98)(H,77,99)(H,78,83)(H,79,84)(H,80,85)(H,81,96)(H,82,97). The lowest BCUT2D eigenvalue weighted by Gasteiger charge is -2.45. The number of aliphatic hydroxyl groups is 1. The fourth-order valence-corrected chi connectivity index (χ4v) is 11.9. The van der Waals surface area contributed by atoms with Crippen molar-refractivity contribution in [3.8, 4) is 0 Å². The first-order valence-electron chi connectivity index (χ1n) is 39.1. The van der Waals surface area contributed by atoms with Crippen LogP contribution < -0.4 is 42.5 Å². The lowest BCUT2D eigenvalue weighted by atomic mass is 9.96. The van der Waals surface area contributed by atoms with E-state index in [1.54, 1.807) is 0 Å². The maximum Gasteiger partial charge on any atom is 0.303 e. The molecule has 18 unspecified atom stereocenters. The van der Waals surface area contributed by atoms with Gasteiger partial charge in [0.1, 0.15) is 61.7 Å². The molecule has 47 heteroatoms. The predicted molar refractivity (Wildman–Crippen MR) is 404 cm³/mol. The largest absolute Gasteiger partial charge is 0.463 e. The Labute approximate surface area is 699 Å². The number of aliphatic hydroxyl groups excluding tert-OH is 1. The van der Waals surface area contributed by atoms with E-state index in [-0.39, 0.29) is 131 Å². The fraction of sp³-hybridized carbons (Fsp3) is 0.784. The second-order valence-corrected chi connectivity index (χ2v) is 27.1. The van der Waals surface area contributed by atoms with E-state index in [1.807, 2.05) is 0 Å². The van der Waals surface area contributed by atoms with Gasteiger partial charge in [-0.25, -0.2) is 0 Å². The molecule has 0 spiro atoms. The van der Waals surface area contributed by atoms with E-state index in [9.17, 15) is 81.8 Å². The number of amides is 8. The molecule has 3 heterocycles. The number of esters is 8. The SMILES string of the molecule is COCCOCCOCCOCCC(=O)NC(CCC(=O)NC(CCC(=O)NCCOCCOC1OC(COC(C)=O)C(OC(C)=O)C(OC(C)=O)C1NC(C)=O)C(=O)NCCOCCOC1OC(COC(C)O)C(OC(C)=O)C(OC(C)=O)C1NC(C)=O)C(=O)NCCOCCOC1OC(COC(C)=O)C(OC(C)=O)C(OC(C)=O)C1NC(C)=O. The molecule has 9 N–H and O–H groups in total. The monoisotopic (exact) mass is 1740 g/mol. The molecule has 18 atom stereocenters. The summed E-state index contributed by atoms with van der Waals surface area (Å²) in [6, 6.07) is -6.64. The number of ether oxygens (including phenoxy) is 22. The minimum atomic E-state index is -1.44. The summed E-state index contributed by atoms with van der Waals surface area (Å²) in [5.74, 6) is -11.8. The van der Waals surface area contributed by atoms with Crippen molar-refractivity contribution in [1.82, 2.24) is 42.5 Å². The summed E-state index contributed by atoms with van der Waals surface area (Å²) in [7, 11) is 1.54. The Hall–Kier alpha value is -9.08. The number of rotatable bonds is 59. The summed E-state index contributed by atoms with van der Waals surface area (Å²) in [5.41, 5.74) is 0. The van der Waals surface area contributed by atoms with Crippen molar-refractivity contribution in [3.63, 3.8) is 0 Å². The molecule has 0 aromatic heterocycles. The molecule has 0 bridgehead atoms. The van der Waals surface area contributed by atoms with E-state index < -0.39 is 232 Å². The average molecular weight is 1750 g/mol. The van der Waals surface area contributed by atoms with E-state index >= 15 is 0 Å². The van der Waals surface area contributed by atoms with E-state index in [2.05, 4.69) is 42.5 Å². The van der Waals surface area contributed by atoms with Gasteiger partial charge in [-0.2, -0.15) is 0 Å². The summed E-state index contributed by atoms with van der Waals surface area (Å²) in [6.07, 6.45) is -19.3. The molecule has 8 amide bonds. The third-order valence-electron chi connectivity index (χ3n) is 16.7. The number of hydrogen-bond donors (Lipinski definition) is 9. The number of hydrogen-bond acceptors (Lipinski definition) is 39. The average Bonchev–Trinajstić information content (AvgIpc) is 0.797. The summed E-state index contributed by atoms with van der Waals surface area (Å²) < 4.78 is 123. The van der Waals surface area contributed by atoms with Crippen molar-refractivity contribution in [2.75, 3.05) is 152 Å². The van der Waals surface area contributed by atoms with Crippen molar-refractivity contribution in [1.29, 1.82) is 0 Å². The highest BCUT2D eigenvalue weighted by molar-refractivity contribution is 5.90. The zero-order valence-electron chi connectivity index (χ0n) is 70.4. The van der Waals surface area contributed by atoms with Crippen molar-refractivity contribution in [3.05, 3.63) is 0 Å². The zero-order chi connectivity index (χ0) is 89.9. The van der Waals surface area contributed by atoms with Crippen LogP contribution >= 0.6 is 0 Å². The van der Waals surface area contributed by atoms with Gasteiger partial charge >= 0.3 is 47.8 Å². The maximum absolute atomic E-state index is 14.1. The fourth-order valence-electron chi connectivity index (χ4n) is 11.9. The van der Waals surface area contributed by atoms with Gasteiger partial charge in [-0.3, -0.25) is 76.7 Å². The second-order valence-electron chi connectivity index (χ2n) is 27.1. The molecule has 3 aliphatic rings. The van der Waals surface area contributed by atoms with E-state index in [1.165, 1.54) is 34.8 Å². The van der Waals surface area contributed by atoms with Crippen LogP contribution in [0.15, 0.2) is 0 Å². The van der Waals surface area contributed by atoms with Crippen LogP contribution in [0.25, 0.3) is 0 Å². The van der Waals surface area contributed by atoms with Gasteiger partial charge in [0.15, 0.2) is 61.8 Å². The molecule has 0 aromatic rings. The lowest BCUT2D eigenvalue weighted by Crippen LogP contribution is -2.66. The molecule has 0 saturated carbocycles. The van der Waals surface area contributed by atoms with Crippen LogP contribution in [0.4, 0.5) is 0 Å². The Balaban J connectivity index is 1.81. The van der Waals surface area contributed by atoms with Crippen molar-refractivity contribution in [2.24, 2.45) is 0 Å². The van der Waals surface area contributed by atoms with Crippen LogP contribution in [0.3, 0.4) is 0 Å². The Morgan fingerprint density at radius 2 is 0.620 bits per heavy atom. The molecule has 690 valence electrons. The molecule has 121 heavy (non-hydrogen) atoms. The Morgan fingerprint density at radius 3 is 0.942 bits per heavy atom. The molecular weight excluding hydrogens is 1620 g/mol. The van der Waals surface area contributed by atoms with Crippen LogP contribution in [0.1, 0.15) is 115 Å². The summed E-state index contributed by atoms with van der Waals surface area (Å²) in [4.78, 5) is 204. The van der Waals surface area contributed by atoms with Gasteiger partial charge in [-0.15, -0.1) is 0 Å². The number of nitrogens with one attached hydrogen (secondary N) is 8. The third kappa shape index (κ3) is 45.0. The number of methoxy groups -OCH3 is 1. The smallest absolute Gasteiger partial charge is 0.303 e. The van der Waals surface area contributed by atoms with E-state index in [0.29, 0.717) is 19.8 Å². The summed E-state index contributed by atoms with van der Waals surface area (Å²) >= 11 is 0. The van der Waals surface area contributed by atoms with Crippen LogP contribution in [-0.4, -0.2) is 363 Å². The van der Waals surface area contributed by atoms with Crippen LogP contribution in [0.5, 0.6) is 0 Å².